The summed E-state index contributed by atoms with van der Waals surface area (Å²) in [6, 6.07) is 15.9. The fourth-order valence-electron chi connectivity index (χ4n) is 3.14. The lowest BCUT2D eigenvalue weighted by molar-refractivity contribution is 0.274. The molecule has 1 nitrogen and oxygen atoms in total. The van der Waals surface area contributed by atoms with E-state index in [0.29, 0.717) is 0 Å². The van der Waals surface area contributed by atoms with Crippen LogP contribution in [0.4, 0.5) is 0 Å². The fourth-order valence-corrected chi connectivity index (χ4v) is 3.14. The number of hydrogen-bond donors (Lipinski definition) is 1. The molecule has 1 aliphatic rings. The molecule has 0 unspecified atom stereocenters. The first-order valence-electron chi connectivity index (χ1n) is 7.43. The highest BCUT2D eigenvalue weighted by Gasteiger charge is 2.38. The molecule has 0 radical (unpaired) electrons. The van der Waals surface area contributed by atoms with Crippen LogP contribution < -0.4 is 5.32 Å². The molecule has 0 aromatic heterocycles. The normalized spacial score (nSPS) is 16.8. The zero-order valence-electron chi connectivity index (χ0n) is 12.7. The van der Waals surface area contributed by atoms with E-state index in [9.17, 15) is 0 Å². The van der Waals surface area contributed by atoms with Crippen molar-refractivity contribution in [1.82, 2.24) is 5.32 Å². The lowest BCUT2D eigenvalue weighted by atomic mass is 9.70. The smallest absolute Gasteiger partial charge is 0.0243 e. The minimum atomic E-state index is 0.285. The largest absolute Gasteiger partial charge is 0.315 e. The van der Waals surface area contributed by atoms with Crippen LogP contribution in [-0.4, -0.2) is 13.1 Å². The van der Waals surface area contributed by atoms with Gasteiger partial charge in [-0.25, -0.2) is 0 Å². The second kappa shape index (κ2) is 5.06. The molecule has 0 bridgehead atoms. The second-order valence-corrected chi connectivity index (χ2v) is 6.35. The Kier molecular flexibility index (Phi) is 3.39. The van der Waals surface area contributed by atoms with E-state index in [4.69, 9.17) is 0 Å². The minimum absolute atomic E-state index is 0.285. The van der Waals surface area contributed by atoms with E-state index >= 15 is 0 Å². The van der Waals surface area contributed by atoms with Crippen molar-refractivity contribution < 1.29 is 0 Å². The Bertz CT molecular complexity index is 623. The van der Waals surface area contributed by atoms with Gasteiger partial charge in [0.15, 0.2) is 0 Å². The number of aryl methyl sites for hydroxylation is 3. The SMILES string of the molecule is Cc1cccc(C2(Cc3ccc(C)c(C)c3)CNC2)c1. The van der Waals surface area contributed by atoms with Crippen LogP contribution >= 0.6 is 0 Å². The molecule has 0 spiro atoms. The summed E-state index contributed by atoms with van der Waals surface area (Å²) in [6.07, 6.45) is 1.13. The summed E-state index contributed by atoms with van der Waals surface area (Å²) in [6.45, 7) is 8.74. The minimum Gasteiger partial charge on any atom is -0.315 e. The van der Waals surface area contributed by atoms with Crippen LogP contribution in [0, 0.1) is 20.8 Å². The van der Waals surface area contributed by atoms with Gasteiger partial charge in [0.05, 0.1) is 0 Å². The van der Waals surface area contributed by atoms with Gasteiger partial charge in [-0.2, -0.15) is 0 Å². The molecule has 2 aromatic carbocycles. The molecule has 0 atom stereocenters. The van der Waals surface area contributed by atoms with Crippen molar-refractivity contribution in [3.8, 4) is 0 Å². The van der Waals surface area contributed by atoms with Gasteiger partial charge >= 0.3 is 0 Å². The van der Waals surface area contributed by atoms with Crippen LogP contribution in [-0.2, 0) is 11.8 Å². The summed E-state index contributed by atoms with van der Waals surface area (Å²) >= 11 is 0. The molecule has 2 aromatic rings. The third kappa shape index (κ3) is 2.38. The molecule has 0 amide bonds. The highest BCUT2D eigenvalue weighted by Crippen LogP contribution is 2.33. The summed E-state index contributed by atoms with van der Waals surface area (Å²) in [5, 5.41) is 3.47. The second-order valence-electron chi connectivity index (χ2n) is 6.35. The van der Waals surface area contributed by atoms with Gasteiger partial charge in [0.1, 0.15) is 0 Å². The number of benzene rings is 2. The molecule has 0 saturated carbocycles. The Morgan fingerprint density at radius 2 is 1.75 bits per heavy atom. The van der Waals surface area contributed by atoms with Crippen molar-refractivity contribution in [3.05, 3.63) is 70.3 Å². The third-order valence-electron chi connectivity index (χ3n) is 4.67. The van der Waals surface area contributed by atoms with Crippen LogP contribution in [0.5, 0.6) is 0 Å². The van der Waals surface area contributed by atoms with Crippen molar-refractivity contribution in [1.29, 1.82) is 0 Å². The van der Waals surface area contributed by atoms with Gasteiger partial charge in [-0.1, -0.05) is 48.0 Å². The molecule has 1 N–H and O–H groups in total. The predicted octanol–water partition coefficient (Wildman–Crippen LogP) is 3.70. The fraction of sp³-hybridized carbons (Fsp3) is 0.368. The maximum atomic E-state index is 3.47. The van der Waals surface area contributed by atoms with E-state index in [1.165, 1.54) is 27.8 Å². The molecule has 104 valence electrons. The van der Waals surface area contributed by atoms with E-state index in [2.05, 4.69) is 68.6 Å². The van der Waals surface area contributed by atoms with Crippen molar-refractivity contribution in [3.63, 3.8) is 0 Å². The Morgan fingerprint density at radius 1 is 0.950 bits per heavy atom. The first kappa shape index (κ1) is 13.4. The Labute approximate surface area is 122 Å². The Hall–Kier alpha value is -1.60. The predicted molar refractivity (Wildman–Crippen MR) is 85.3 cm³/mol. The first-order chi connectivity index (χ1) is 9.59. The zero-order valence-corrected chi connectivity index (χ0v) is 12.7. The van der Waals surface area contributed by atoms with E-state index in [1.54, 1.807) is 0 Å². The summed E-state index contributed by atoms with van der Waals surface area (Å²) < 4.78 is 0. The average molecular weight is 265 g/mol. The maximum Gasteiger partial charge on any atom is 0.0243 e. The lowest BCUT2D eigenvalue weighted by Crippen LogP contribution is -2.58. The maximum absolute atomic E-state index is 3.47. The molecule has 1 saturated heterocycles. The Morgan fingerprint density at radius 3 is 2.35 bits per heavy atom. The van der Waals surface area contributed by atoms with Gasteiger partial charge in [-0.3, -0.25) is 0 Å². The number of rotatable bonds is 3. The molecule has 0 aliphatic carbocycles. The molecule has 1 heterocycles. The third-order valence-corrected chi connectivity index (χ3v) is 4.67. The van der Waals surface area contributed by atoms with Crippen LogP contribution in [0.15, 0.2) is 42.5 Å². The monoisotopic (exact) mass is 265 g/mol. The lowest BCUT2D eigenvalue weighted by Gasteiger charge is -2.44. The highest BCUT2D eigenvalue weighted by atomic mass is 15.0. The molecule has 20 heavy (non-hydrogen) atoms. The van der Waals surface area contributed by atoms with Gasteiger partial charge < -0.3 is 5.32 Å². The first-order valence-corrected chi connectivity index (χ1v) is 7.43. The van der Waals surface area contributed by atoms with E-state index < -0.39 is 0 Å². The topological polar surface area (TPSA) is 12.0 Å². The van der Waals surface area contributed by atoms with E-state index in [-0.39, 0.29) is 5.41 Å². The van der Waals surface area contributed by atoms with E-state index in [0.717, 1.165) is 19.5 Å². The standard InChI is InChI=1S/C19H23N/c1-14-5-4-6-18(9-14)19(12-20-13-19)11-17-8-7-15(2)16(3)10-17/h4-10,20H,11-13H2,1-3H3. The van der Waals surface area contributed by atoms with Crippen LogP contribution in [0.3, 0.4) is 0 Å². The van der Waals surface area contributed by atoms with Crippen molar-refractivity contribution >= 4 is 0 Å². The van der Waals surface area contributed by atoms with Gasteiger partial charge in [0.2, 0.25) is 0 Å². The van der Waals surface area contributed by atoms with Crippen molar-refractivity contribution in [2.45, 2.75) is 32.6 Å². The van der Waals surface area contributed by atoms with Gasteiger partial charge in [0.25, 0.3) is 0 Å². The van der Waals surface area contributed by atoms with Crippen LogP contribution in [0.2, 0.25) is 0 Å². The molecule has 3 rings (SSSR count). The summed E-state index contributed by atoms with van der Waals surface area (Å²) in [7, 11) is 0. The quantitative estimate of drug-likeness (QED) is 0.892. The summed E-state index contributed by atoms with van der Waals surface area (Å²) in [5.41, 5.74) is 7.35. The molecule has 1 fully saturated rings. The zero-order chi connectivity index (χ0) is 14.2. The van der Waals surface area contributed by atoms with Gasteiger partial charge in [-0.15, -0.1) is 0 Å². The average Bonchev–Trinajstić information content (AvgIpc) is 2.38. The Balaban J connectivity index is 1.91. The number of hydrogen-bond acceptors (Lipinski definition) is 1. The number of nitrogens with one attached hydrogen (secondary N) is 1. The van der Waals surface area contributed by atoms with Crippen molar-refractivity contribution in [2.75, 3.05) is 13.1 Å². The van der Waals surface area contributed by atoms with E-state index in [1.807, 2.05) is 0 Å². The van der Waals surface area contributed by atoms with Crippen LogP contribution in [0.25, 0.3) is 0 Å². The van der Waals surface area contributed by atoms with Gasteiger partial charge in [-0.05, 0) is 49.4 Å². The molecule has 1 aliphatic heterocycles. The molecule has 1 heteroatoms. The highest BCUT2D eigenvalue weighted by molar-refractivity contribution is 5.38. The van der Waals surface area contributed by atoms with Gasteiger partial charge in [0, 0.05) is 18.5 Å². The van der Waals surface area contributed by atoms with Crippen molar-refractivity contribution in [2.24, 2.45) is 0 Å². The molecular formula is C19H23N. The van der Waals surface area contributed by atoms with Crippen LogP contribution in [0.1, 0.15) is 27.8 Å². The summed E-state index contributed by atoms with van der Waals surface area (Å²) in [5.74, 6) is 0. The molecular weight excluding hydrogens is 242 g/mol. The summed E-state index contributed by atoms with van der Waals surface area (Å²) in [4.78, 5) is 0.